The van der Waals surface area contributed by atoms with E-state index in [1.165, 1.54) is 0 Å². The minimum absolute atomic E-state index is 0.208. The first-order chi connectivity index (χ1) is 8.63. The summed E-state index contributed by atoms with van der Waals surface area (Å²) in [5.74, 6) is -2.26. The van der Waals surface area contributed by atoms with Crippen LogP contribution in [0.3, 0.4) is 0 Å². The van der Waals surface area contributed by atoms with Crippen LogP contribution in [0.4, 0.5) is 0 Å². The second kappa shape index (κ2) is 5.18. The number of hydrogen-bond acceptors (Lipinski definition) is 3. The summed E-state index contributed by atoms with van der Waals surface area (Å²) in [5.41, 5.74) is 0.806. The molecule has 1 fully saturated rings. The van der Waals surface area contributed by atoms with E-state index in [-0.39, 0.29) is 12.5 Å². The number of carboxylic acid groups (broad SMARTS) is 1. The summed E-state index contributed by atoms with van der Waals surface area (Å²) in [6.45, 7) is -0.208. The average molecular weight is 249 g/mol. The van der Waals surface area contributed by atoms with Gasteiger partial charge in [0.15, 0.2) is 0 Å². The number of aliphatic hydroxyl groups is 1. The molecule has 5 nitrogen and oxygen atoms in total. The maximum Gasteiger partial charge on any atom is 0.307 e. The van der Waals surface area contributed by atoms with Gasteiger partial charge < -0.3 is 15.5 Å². The molecule has 0 heterocycles. The fourth-order valence-corrected chi connectivity index (χ4v) is 1.96. The van der Waals surface area contributed by atoms with Crippen LogP contribution >= 0.6 is 0 Å². The number of hydrogen-bond donors (Lipinski definition) is 3. The lowest BCUT2D eigenvalue weighted by Gasteiger charge is -2.16. The third-order valence-corrected chi connectivity index (χ3v) is 3.15. The van der Waals surface area contributed by atoms with Crippen molar-refractivity contribution < 1.29 is 19.8 Å². The second-order valence-electron chi connectivity index (χ2n) is 4.44. The van der Waals surface area contributed by atoms with Crippen LogP contribution in [0, 0.1) is 11.8 Å². The Bertz CT molecular complexity index is 446. The van der Waals surface area contributed by atoms with Crippen molar-refractivity contribution in [2.24, 2.45) is 11.8 Å². The highest BCUT2D eigenvalue weighted by Crippen LogP contribution is 2.39. The van der Waals surface area contributed by atoms with Crippen molar-refractivity contribution >= 4 is 11.9 Å². The molecule has 1 saturated carbocycles. The Morgan fingerprint density at radius 1 is 1.28 bits per heavy atom. The highest BCUT2D eigenvalue weighted by molar-refractivity contribution is 5.89. The van der Waals surface area contributed by atoms with Crippen LogP contribution in [-0.4, -0.2) is 28.7 Å². The van der Waals surface area contributed by atoms with Crippen molar-refractivity contribution in [3.05, 3.63) is 35.9 Å². The number of carbonyl (C=O) groups excluding carboxylic acids is 1. The fraction of sp³-hybridized carbons (Fsp3) is 0.385. The molecule has 1 aromatic rings. The molecule has 1 amide bonds. The minimum Gasteiger partial charge on any atom is -0.481 e. The zero-order valence-corrected chi connectivity index (χ0v) is 9.74. The highest BCUT2D eigenvalue weighted by atomic mass is 16.4. The summed E-state index contributed by atoms with van der Waals surface area (Å²) in [4.78, 5) is 22.4. The largest absolute Gasteiger partial charge is 0.481 e. The van der Waals surface area contributed by atoms with Crippen molar-refractivity contribution in [2.75, 3.05) is 6.61 Å². The van der Waals surface area contributed by atoms with Gasteiger partial charge in [-0.2, -0.15) is 0 Å². The topological polar surface area (TPSA) is 86.6 Å². The lowest BCUT2D eigenvalue weighted by molar-refractivity contribution is -0.140. The van der Waals surface area contributed by atoms with E-state index in [2.05, 4.69) is 5.32 Å². The van der Waals surface area contributed by atoms with Gasteiger partial charge >= 0.3 is 5.97 Å². The molecule has 0 spiro atoms. The van der Waals surface area contributed by atoms with Crippen LogP contribution in [0.25, 0.3) is 0 Å². The van der Waals surface area contributed by atoms with Gasteiger partial charge in [0.1, 0.15) is 0 Å². The van der Waals surface area contributed by atoms with Crippen molar-refractivity contribution in [2.45, 2.75) is 12.5 Å². The van der Waals surface area contributed by atoms with Gasteiger partial charge in [0.2, 0.25) is 5.91 Å². The van der Waals surface area contributed by atoms with E-state index in [1.54, 1.807) is 0 Å². The van der Waals surface area contributed by atoms with Gasteiger partial charge in [-0.05, 0) is 12.0 Å². The Kier molecular flexibility index (Phi) is 3.62. The van der Waals surface area contributed by atoms with Crippen LogP contribution in [0.1, 0.15) is 18.0 Å². The molecule has 2 rings (SSSR count). The van der Waals surface area contributed by atoms with Gasteiger partial charge in [-0.1, -0.05) is 30.3 Å². The Labute approximate surface area is 104 Å². The molecule has 1 aliphatic rings. The molecule has 0 aliphatic heterocycles. The van der Waals surface area contributed by atoms with Crippen molar-refractivity contribution in [1.82, 2.24) is 5.32 Å². The molecule has 0 bridgehead atoms. The van der Waals surface area contributed by atoms with Crippen LogP contribution in [0.2, 0.25) is 0 Å². The lowest BCUT2D eigenvalue weighted by Crippen LogP contribution is -2.32. The summed E-state index contributed by atoms with van der Waals surface area (Å²) in [5, 5.41) is 20.7. The first kappa shape index (κ1) is 12.6. The SMILES string of the molecule is O=C(O)[C@H]1C[C@H]1C(=O)NC(CO)c1ccccc1. The van der Waals surface area contributed by atoms with Crippen molar-refractivity contribution in [3.8, 4) is 0 Å². The van der Waals surface area contributed by atoms with Crippen LogP contribution in [0.5, 0.6) is 0 Å². The monoisotopic (exact) mass is 249 g/mol. The van der Waals surface area contributed by atoms with Gasteiger partial charge in [-0.3, -0.25) is 9.59 Å². The summed E-state index contributed by atoms with van der Waals surface area (Å²) in [6.07, 6.45) is 0.383. The van der Waals surface area contributed by atoms with Crippen LogP contribution in [0.15, 0.2) is 30.3 Å². The minimum atomic E-state index is -0.935. The van der Waals surface area contributed by atoms with E-state index in [0.717, 1.165) is 5.56 Å². The molecule has 1 aromatic carbocycles. The number of rotatable bonds is 5. The third-order valence-electron chi connectivity index (χ3n) is 3.15. The maximum absolute atomic E-state index is 11.8. The van der Waals surface area contributed by atoms with Crippen molar-refractivity contribution in [3.63, 3.8) is 0 Å². The molecule has 96 valence electrons. The second-order valence-corrected chi connectivity index (χ2v) is 4.44. The van der Waals surface area contributed by atoms with Crippen LogP contribution < -0.4 is 5.32 Å². The van der Waals surface area contributed by atoms with Crippen LogP contribution in [-0.2, 0) is 9.59 Å². The molecule has 0 saturated heterocycles. The summed E-state index contributed by atoms with van der Waals surface area (Å²) < 4.78 is 0. The van der Waals surface area contributed by atoms with E-state index >= 15 is 0 Å². The molecular formula is C13H15NO4. The Balaban J connectivity index is 1.96. The lowest BCUT2D eigenvalue weighted by atomic mass is 10.1. The molecule has 3 N–H and O–H groups in total. The van der Waals surface area contributed by atoms with Gasteiger partial charge in [-0.15, -0.1) is 0 Å². The number of carboxylic acids is 1. The summed E-state index contributed by atoms with van der Waals surface area (Å²) in [7, 11) is 0. The molecule has 3 atom stereocenters. The number of benzene rings is 1. The molecular weight excluding hydrogens is 234 g/mol. The molecule has 5 heteroatoms. The Hall–Kier alpha value is -1.88. The number of nitrogens with one attached hydrogen (secondary N) is 1. The zero-order valence-electron chi connectivity index (χ0n) is 9.74. The summed E-state index contributed by atoms with van der Waals surface area (Å²) >= 11 is 0. The van der Waals surface area contributed by atoms with E-state index in [0.29, 0.717) is 6.42 Å². The fourth-order valence-electron chi connectivity index (χ4n) is 1.96. The number of aliphatic carboxylic acids is 1. The first-order valence-electron chi connectivity index (χ1n) is 5.82. The molecule has 0 aromatic heterocycles. The molecule has 0 radical (unpaired) electrons. The predicted octanol–water partition coefficient (Wildman–Crippen LogP) is 0.557. The molecule has 1 unspecified atom stereocenters. The average Bonchev–Trinajstić information content (AvgIpc) is 3.17. The quantitative estimate of drug-likeness (QED) is 0.711. The Morgan fingerprint density at radius 3 is 2.44 bits per heavy atom. The van der Waals surface area contributed by atoms with E-state index in [9.17, 15) is 14.7 Å². The van der Waals surface area contributed by atoms with E-state index in [1.807, 2.05) is 30.3 Å². The predicted molar refractivity (Wildman–Crippen MR) is 63.6 cm³/mol. The van der Waals surface area contributed by atoms with Gasteiger partial charge in [0.25, 0.3) is 0 Å². The van der Waals surface area contributed by atoms with E-state index in [4.69, 9.17) is 5.11 Å². The third kappa shape index (κ3) is 2.68. The zero-order chi connectivity index (χ0) is 13.1. The standard InChI is InChI=1S/C13H15NO4/c15-7-11(8-4-2-1-3-5-8)14-12(16)9-6-10(9)13(17)18/h1-5,9-11,15H,6-7H2,(H,14,16)(H,17,18)/t9-,10+,11?/m1/s1. The number of aliphatic hydroxyl groups excluding tert-OH is 1. The maximum atomic E-state index is 11.8. The first-order valence-corrected chi connectivity index (χ1v) is 5.82. The van der Waals surface area contributed by atoms with E-state index < -0.39 is 23.8 Å². The van der Waals surface area contributed by atoms with Gasteiger partial charge in [-0.25, -0.2) is 0 Å². The molecule has 1 aliphatic carbocycles. The Morgan fingerprint density at radius 2 is 1.94 bits per heavy atom. The number of carbonyl (C=O) groups is 2. The van der Waals surface area contributed by atoms with Gasteiger partial charge in [0.05, 0.1) is 24.5 Å². The highest BCUT2D eigenvalue weighted by Gasteiger charge is 2.48. The normalized spacial score (nSPS) is 23.2. The smallest absolute Gasteiger partial charge is 0.307 e. The van der Waals surface area contributed by atoms with Gasteiger partial charge in [0, 0.05) is 0 Å². The number of amides is 1. The molecule has 18 heavy (non-hydrogen) atoms. The van der Waals surface area contributed by atoms with Crippen molar-refractivity contribution in [1.29, 1.82) is 0 Å². The summed E-state index contributed by atoms with van der Waals surface area (Å²) in [6, 6.07) is 8.63.